The second kappa shape index (κ2) is 7.59. The van der Waals surface area contributed by atoms with Crippen LogP contribution in [0.3, 0.4) is 0 Å². The molecule has 0 amide bonds. The van der Waals surface area contributed by atoms with Gasteiger partial charge in [0, 0.05) is 12.3 Å². The van der Waals surface area contributed by atoms with Gasteiger partial charge in [0.15, 0.2) is 0 Å². The number of aliphatic hydroxyl groups excluding tert-OH is 2. The van der Waals surface area contributed by atoms with Crippen LogP contribution in [0.1, 0.15) is 65.7 Å². The fourth-order valence-corrected chi connectivity index (χ4v) is 5.97. The van der Waals surface area contributed by atoms with Crippen molar-refractivity contribution in [2.75, 3.05) is 0 Å². The molecule has 3 rings (SSSR count). The molecule has 0 aromatic heterocycles. The highest BCUT2D eigenvalue weighted by Gasteiger charge is 2.54. The first kappa shape index (κ1) is 20.4. The molecule has 3 heteroatoms. The lowest BCUT2D eigenvalue weighted by atomic mass is 9.60. The average molecular weight is 371 g/mol. The lowest BCUT2D eigenvalue weighted by Gasteiger charge is -2.45. The molecule has 3 aliphatic carbocycles. The predicted molar refractivity (Wildman–Crippen MR) is 109 cm³/mol. The van der Waals surface area contributed by atoms with Gasteiger partial charge in [-0.3, -0.25) is 0 Å². The monoisotopic (exact) mass is 370 g/mol. The van der Waals surface area contributed by atoms with E-state index < -0.39 is 17.8 Å². The SMILES string of the molecule is C=C1/C(=C\C=C2CCC[C@]3(C)[C@@H](C(C)(O)C#CC)CC[C@@H]23)C[C@H](O)C[C@H]1O. The summed E-state index contributed by atoms with van der Waals surface area (Å²) in [4.78, 5) is 0. The van der Waals surface area contributed by atoms with Crippen LogP contribution in [0.2, 0.25) is 0 Å². The van der Waals surface area contributed by atoms with Crippen molar-refractivity contribution in [3.05, 3.63) is 35.5 Å². The van der Waals surface area contributed by atoms with E-state index in [1.165, 1.54) is 5.57 Å². The number of rotatable bonds is 2. The minimum absolute atomic E-state index is 0.0680. The van der Waals surface area contributed by atoms with E-state index in [1.54, 1.807) is 6.92 Å². The Morgan fingerprint density at radius 3 is 2.70 bits per heavy atom. The summed E-state index contributed by atoms with van der Waals surface area (Å²) < 4.78 is 0. The highest BCUT2D eigenvalue weighted by Crippen LogP contribution is 2.60. The third kappa shape index (κ3) is 3.81. The summed E-state index contributed by atoms with van der Waals surface area (Å²) in [5, 5.41) is 31.0. The molecule has 3 nitrogen and oxygen atoms in total. The lowest BCUT2D eigenvalue weighted by Crippen LogP contribution is -2.44. The van der Waals surface area contributed by atoms with Crippen LogP contribution in [0, 0.1) is 29.1 Å². The maximum Gasteiger partial charge on any atom is 0.126 e. The molecular formula is C24H34O3. The zero-order valence-electron chi connectivity index (χ0n) is 17.0. The van der Waals surface area contributed by atoms with Crippen LogP contribution >= 0.6 is 0 Å². The van der Waals surface area contributed by atoms with Crippen LogP contribution in [0.15, 0.2) is 35.5 Å². The van der Waals surface area contributed by atoms with Crippen LogP contribution in [-0.2, 0) is 0 Å². The molecule has 3 saturated carbocycles. The highest BCUT2D eigenvalue weighted by atomic mass is 16.3. The van der Waals surface area contributed by atoms with Gasteiger partial charge in [0.1, 0.15) is 5.60 Å². The van der Waals surface area contributed by atoms with Crippen molar-refractivity contribution in [3.63, 3.8) is 0 Å². The molecule has 6 atom stereocenters. The smallest absolute Gasteiger partial charge is 0.126 e. The fraction of sp³-hybridized carbons (Fsp3) is 0.667. The van der Waals surface area contributed by atoms with Gasteiger partial charge in [0.2, 0.25) is 0 Å². The first-order valence-electron chi connectivity index (χ1n) is 10.3. The summed E-state index contributed by atoms with van der Waals surface area (Å²) in [5.41, 5.74) is 2.26. The number of allylic oxidation sites excluding steroid dienone is 3. The molecule has 0 radical (unpaired) electrons. The Balaban J connectivity index is 1.86. The van der Waals surface area contributed by atoms with Gasteiger partial charge in [-0.1, -0.05) is 37.1 Å². The Hall–Kier alpha value is -1.34. The minimum Gasteiger partial charge on any atom is -0.393 e. The first-order chi connectivity index (χ1) is 12.7. The van der Waals surface area contributed by atoms with Crippen molar-refractivity contribution in [1.82, 2.24) is 0 Å². The molecule has 148 valence electrons. The minimum atomic E-state index is -0.939. The summed E-state index contributed by atoms with van der Waals surface area (Å²) in [7, 11) is 0. The van der Waals surface area contributed by atoms with E-state index in [0.29, 0.717) is 18.8 Å². The quantitative estimate of drug-likeness (QED) is 0.646. The van der Waals surface area contributed by atoms with Gasteiger partial charge >= 0.3 is 0 Å². The predicted octanol–water partition coefficient (Wildman–Crippen LogP) is 3.90. The van der Waals surface area contributed by atoms with Gasteiger partial charge in [-0.25, -0.2) is 0 Å². The zero-order chi connectivity index (χ0) is 19.8. The molecular weight excluding hydrogens is 336 g/mol. The summed E-state index contributed by atoms with van der Waals surface area (Å²) in [6, 6.07) is 0. The van der Waals surface area contributed by atoms with E-state index >= 15 is 0 Å². The third-order valence-corrected chi connectivity index (χ3v) is 7.29. The molecule has 0 spiro atoms. The Bertz CT molecular complexity index is 718. The largest absolute Gasteiger partial charge is 0.393 e. The number of hydrogen-bond acceptors (Lipinski definition) is 3. The van der Waals surface area contributed by atoms with Gasteiger partial charge < -0.3 is 15.3 Å². The zero-order valence-corrected chi connectivity index (χ0v) is 17.0. The van der Waals surface area contributed by atoms with Gasteiger partial charge in [-0.05, 0) is 74.9 Å². The average Bonchev–Trinajstić information content (AvgIpc) is 2.95. The molecule has 0 aliphatic heterocycles. The van der Waals surface area contributed by atoms with Gasteiger partial charge in [0.25, 0.3) is 0 Å². The summed E-state index contributed by atoms with van der Waals surface area (Å²) >= 11 is 0. The molecule has 3 fully saturated rings. The Kier molecular flexibility index (Phi) is 5.73. The van der Waals surface area contributed by atoms with Crippen LogP contribution in [0.5, 0.6) is 0 Å². The molecule has 0 aromatic rings. The van der Waals surface area contributed by atoms with Gasteiger partial charge in [-0.15, -0.1) is 5.92 Å². The van der Waals surface area contributed by atoms with E-state index in [-0.39, 0.29) is 11.3 Å². The third-order valence-electron chi connectivity index (χ3n) is 7.29. The maximum atomic E-state index is 11.0. The van der Waals surface area contributed by atoms with Crippen LogP contribution in [0.25, 0.3) is 0 Å². The molecule has 1 unspecified atom stereocenters. The first-order valence-corrected chi connectivity index (χ1v) is 10.3. The second-order valence-electron chi connectivity index (χ2n) is 9.13. The second-order valence-corrected chi connectivity index (χ2v) is 9.13. The van der Waals surface area contributed by atoms with Crippen molar-refractivity contribution in [2.45, 2.75) is 83.5 Å². The molecule has 3 aliphatic rings. The van der Waals surface area contributed by atoms with Crippen LogP contribution < -0.4 is 0 Å². The van der Waals surface area contributed by atoms with Crippen molar-refractivity contribution in [3.8, 4) is 11.8 Å². The van der Waals surface area contributed by atoms with E-state index in [9.17, 15) is 15.3 Å². The van der Waals surface area contributed by atoms with Crippen molar-refractivity contribution in [2.24, 2.45) is 17.3 Å². The van der Waals surface area contributed by atoms with E-state index in [1.807, 2.05) is 6.92 Å². The van der Waals surface area contributed by atoms with E-state index in [0.717, 1.165) is 43.3 Å². The fourth-order valence-electron chi connectivity index (χ4n) is 5.97. The molecule has 0 bridgehead atoms. The molecule has 0 saturated heterocycles. The van der Waals surface area contributed by atoms with Crippen molar-refractivity contribution in [1.29, 1.82) is 0 Å². The Morgan fingerprint density at radius 2 is 2.00 bits per heavy atom. The number of hydrogen-bond donors (Lipinski definition) is 3. The maximum absolute atomic E-state index is 11.0. The topological polar surface area (TPSA) is 60.7 Å². The normalized spacial score (nSPS) is 41.8. The van der Waals surface area contributed by atoms with E-state index in [4.69, 9.17) is 0 Å². The summed E-state index contributed by atoms with van der Waals surface area (Å²) in [6.07, 6.45) is 9.48. The Morgan fingerprint density at radius 1 is 1.26 bits per heavy atom. The highest BCUT2D eigenvalue weighted by molar-refractivity contribution is 5.39. The number of aliphatic hydroxyl groups is 3. The number of fused-ring (bicyclic) bond motifs is 1. The van der Waals surface area contributed by atoms with Crippen molar-refractivity contribution >= 4 is 0 Å². The molecule has 27 heavy (non-hydrogen) atoms. The van der Waals surface area contributed by atoms with E-state index in [2.05, 4.69) is 37.5 Å². The lowest BCUT2D eigenvalue weighted by molar-refractivity contribution is -0.0169. The standard InChI is InChI=1S/C24H34O3/c1-5-12-24(4,27)22-11-10-20-17(7-6-13-23(20,22)3)8-9-18-14-19(25)15-21(26)16(18)2/h8-9,19-22,25-27H,2,6-7,10-11,13-15H2,1,3-4H3/b17-8?,18-9-/t19-,20-,21+,22-,23-,24?/m0/s1. The van der Waals surface area contributed by atoms with Gasteiger partial charge in [-0.2, -0.15) is 0 Å². The van der Waals surface area contributed by atoms with Crippen LogP contribution in [-0.4, -0.2) is 33.1 Å². The van der Waals surface area contributed by atoms with Crippen molar-refractivity contribution < 1.29 is 15.3 Å². The summed E-state index contributed by atoms with van der Waals surface area (Å²) in [5.74, 6) is 6.60. The van der Waals surface area contributed by atoms with Gasteiger partial charge in [0.05, 0.1) is 12.2 Å². The molecule has 0 heterocycles. The Labute approximate surface area is 163 Å². The molecule has 3 N–H and O–H groups in total. The molecule has 0 aromatic carbocycles. The van der Waals surface area contributed by atoms with Crippen LogP contribution in [0.4, 0.5) is 0 Å². The summed E-state index contributed by atoms with van der Waals surface area (Å²) in [6.45, 7) is 10.0.